The molecular weight excluding hydrogens is 324 g/mol. The van der Waals surface area contributed by atoms with Gasteiger partial charge in [-0.05, 0) is 23.8 Å². The van der Waals surface area contributed by atoms with Crippen LogP contribution in [-0.4, -0.2) is 16.4 Å². The van der Waals surface area contributed by atoms with E-state index in [0.717, 1.165) is 5.82 Å². The van der Waals surface area contributed by atoms with Crippen molar-refractivity contribution in [2.24, 2.45) is 0 Å². The lowest BCUT2D eigenvalue weighted by Gasteiger charge is -2.09. The second-order valence-electron chi connectivity index (χ2n) is 5.06. The van der Waals surface area contributed by atoms with E-state index in [9.17, 15) is 4.79 Å². The van der Waals surface area contributed by atoms with Crippen LogP contribution in [0.3, 0.4) is 0 Å². The van der Waals surface area contributed by atoms with E-state index in [1.165, 1.54) is 11.8 Å². The van der Waals surface area contributed by atoms with Gasteiger partial charge in [-0.15, -0.1) is 0 Å². The van der Waals surface area contributed by atoms with E-state index in [-0.39, 0.29) is 0 Å². The van der Waals surface area contributed by atoms with Crippen molar-refractivity contribution in [1.82, 2.24) is 9.97 Å². The molecule has 120 valence electrons. The zero-order chi connectivity index (χ0) is 16.8. The number of carbonyl (C=O) groups is 1. The van der Waals surface area contributed by atoms with Crippen molar-refractivity contribution in [3.8, 4) is 11.3 Å². The van der Waals surface area contributed by atoms with Crippen molar-refractivity contribution in [1.29, 1.82) is 0 Å². The molecule has 3 rings (SSSR count). The van der Waals surface area contributed by atoms with Crippen LogP contribution >= 0.6 is 11.6 Å². The summed E-state index contributed by atoms with van der Waals surface area (Å²) < 4.78 is 0. The SMILES string of the molecule is O=CNc1cc(-c2cccc(NCc3ccccc3)n2)c(Cl)cn1. The van der Waals surface area contributed by atoms with E-state index in [1.54, 1.807) is 6.07 Å². The average Bonchev–Trinajstić information content (AvgIpc) is 2.63. The Kier molecular flexibility index (Phi) is 5.03. The number of pyridine rings is 2. The fourth-order valence-electron chi connectivity index (χ4n) is 2.25. The Balaban J connectivity index is 1.82. The van der Waals surface area contributed by atoms with E-state index in [4.69, 9.17) is 11.6 Å². The average molecular weight is 339 g/mol. The highest BCUT2D eigenvalue weighted by Gasteiger charge is 2.08. The molecule has 0 atom stereocenters. The van der Waals surface area contributed by atoms with Crippen LogP contribution in [0.2, 0.25) is 5.02 Å². The Morgan fingerprint density at radius 3 is 2.67 bits per heavy atom. The number of hydrogen-bond acceptors (Lipinski definition) is 4. The molecule has 5 nitrogen and oxygen atoms in total. The quantitative estimate of drug-likeness (QED) is 0.667. The summed E-state index contributed by atoms with van der Waals surface area (Å²) in [5, 5.41) is 6.27. The van der Waals surface area contributed by atoms with Crippen LogP contribution in [0.15, 0.2) is 60.8 Å². The highest BCUT2D eigenvalue weighted by atomic mass is 35.5. The first-order valence-corrected chi connectivity index (χ1v) is 7.75. The third-order valence-corrected chi connectivity index (χ3v) is 3.70. The van der Waals surface area contributed by atoms with E-state index >= 15 is 0 Å². The Hall–Kier alpha value is -2.92. The molecule has 0 saturated carbocycles. The number of nitrogens with zero attached hydrogens (tertiary/aromatic N) is 2. The molecule has 3 aromatic rings. The number of benzene rings is 1. The molecule has 0 aliphatic rings. The predicted octanol–water partition coefficient (Wildman–Crippen LogP) is 3.98. The van der Waals surface area contributed by atoms with Gasteiger partial charge in [0.05, 0.1) is 10.7 Å². The molecule has 0 saturated heterocycles. The van der Waals surface area contributed by atoms with Crippen molar-refractivity contribution in [2.75, 3.05) is 10.6 Å². The van der Waals surface area contributed by atoms with Gasteiger partial charge < -0.3 is 10.6 Å². The number of amides is 1. The number of hydrogen-bond donors (Lipinski definition) is 2. The van der Waals surface area contributed by atoms with Crippen molar-refractivity contribution >= 4 is 29.6 Å². The summed E-state index contributed by atoms with van der Waals surface area (Å²) in [5.41, 5.74) is 2.58. The van der Waals surface area contributed by atoms with Crippen LogP contribution in [0.1, 0.15) is 5.56 Å². The van der Waals surface area contributed by atoms with Crippen molar-refractivity contribution in [2.45, 2.75) is 6.54 Å². The van der Waals surface area contributed by atoms with Crippen LogP contribution in [0.5, 0.6) is 0 Å². The smallest absolute Gasteiger partial charge is 0.212 e. The molecule has 24 heavy (non-hydrogen) atoms. The minimum Gasteiger partial charge on any atom is -0.366 e. The van der Waals surface area contributed by atoms with Crippen molar-refractivity contribution in [3.05, 3.63) is 71.4 Å². The van der Waals surface area contributed by atoms with Gasteiger partial charge in [-0.2, -0.15) is 0 Å². The van der Waals surface area contributed by atoms with Gasteiger partial charge in [0.2, 0.25) is 6.41 Å². The van der Waals surface area contributed by atoms with E-state index in [1.807, 2.05) is 48.5 Å². The van der Waals surface area contributed by atoms with Crippen LogP contribution in [-0.2, 0) is 11.3 Å². The second-order valence-corrected chi connectivity index (χ2v) is 5.47. The lowest BCUT2D eigenvalue weighted by Crippen LogP contribution is -2.02. The number of rotatable bonds is 6. The number of anilines is 2. The van der Waals surface area contributed by atoms with Gasteiger partial charge in [-0.25, -0.2) is 9.97 Å². The molecule has 2 N–H and O–H groups in total. The number of aromatic nitrogens is 2. The van der Waals surface area contributed by atoms with Crippen LogP contribution < -0.4 is 10.6 Å². The second kappa shape index (κ2) is 7.57. The van der Waals surface area contributed by atoms with Crippen LogP contribution in [0.25, 0.3) is 11.3 Å². The summed E-state index contributed by atoms with van der Waals surface area (Å²) >= 11 is 6.22. The van der Waals surface area contributed by atoms with Crippen molar-refractivity contribution in [3.63, 3.8) is 0 Å². The summed E-state index contributed by atoms with van der Waals surface area (Å²) in [7, 11) is 0. The summed E-state index contributed by atoms with van der Waals surface area (Å²) in [5.74, 6) is 1.17. The molecule has 1 aromatic carbocycles. The fourth-order valence-corrected chi connectivity index (χ4v) is 2.45. The third kappa shape index (κ3) is 3.88. The minimum absolute atomic E-state index is 0.425. The number of nitrogens with one attached hydrogen (secondary N) is 2. The molecule has 0 aliphatic carbocycles. The molecule has 0 aliphatic heterocycles. The topological polar surface area (TPSA) is 66.9 Å². The van der Waals surface area contributed by atoms with Gasteiger partial charge in [-0.3, -0.25) is 4.79 Å². The van der Waals surface area contributed by atoms with Crippen molar-refractivity contribution < 1.29 is 4.79 Å². The van der Waals surface area contributed by atoms with Gasteiger partial charge in [-0.1, -0.05) is 48.0 Å². The van der Waals surface area contributed by atoms with Gasteiger partial charge in [0, 0.05) is 18.3 Å². The summed E-state index contributed by atoms with van der Waals surface area (Å²) in [6, 6.07) is 17.4. The first kappa shape index (κ1) is 16.0. The maximum atomic E-state index is 10.6. The molecule has 6 heteroatoms. The molecule has 0 unspecified atom stereocenters. The molecule has 0 fully saturated rings. The van der Waals surface area contributed by atoms with Crippen LogP contribution in [0, 0.1) is 0 Å². The Morgan fingerprint density at radius 2 is 1.88 bits per heavy atom. The first-order valence-electron chi connectivity index (χ1n) is 7.37. The molecule has 0 bridgehead atoms. The molecular formula is C18H15ClN4O. The van der Waals surface area contributed by atoms with E-state index in [2.05, 4.69) is 20.6 Å². The molecule has 1 amide bonds. The monoisotopic (exact) mass is 338 g/mol. The molecule has 2 aromatic heterocycles. The van der Waals surface area contributed by atoms with Gasteiger partial charge >= 0.3 is 0 Å². The summed E-state index contributed by atoms with van der Waals surface area (Å²) in [6.07, 6.45) is 2.07. The zero-order valence-corrected chi connectivity index (χ0v) is 13.5. The minimum atomic E-state index is 0.425. The predicted molar refractivity (Wildman–Crippen MR) is 95.9 cm³/mol. The lowest BCUT2D eigenvalue weighted by molar-refractivity contribution is -0.105. The van der Waals surface area contributed by atoms with Gasteiger partial charge in [0.25, 0.3) is 0 Å². The summed E-state index contributed by atoms with van der Waals surface area (Å²) in [4.78, 5) is 19.2. The fraction of sp³-hybridized carbons (Fsp3) is 0.0556. The van der Waals surface area contributed by atoms with Gasteiger partial charge in [0.1, 0.15) is 11.6 Å². The molecule has 0 spiro atoms. The summed E-state index contributed by atoms with van der Waals surface area (Å²) in [6.45, 7) is 0.680. The zero-order valence-electron chi connectivity index (χ0n) is 12.7. The standard InChI is InChI=1S/C18H15ClN4O/c19-15-11-21-18(22-12-24)9-14(15)16-7-4-8-17(23-16)20-10-13-5-2-1-3-6-13/h1-9,11-12H,10H2,(H,20,23)(H,21,22,24). The Bertz CT molecular complexity index is 839. The lowest BCUT2D eigenvalue weighted by atomic mass is 10.1. The van der Waals surface area contributed by atoms with Crippen LogP contribution in [0.4, 0.5) is 11.6 Å². The highest BCUT2D eigenvalue weighted by Crippen LogP contribution is 2.28. The van der Waals surface area contributed by atoms with E-state index in [0.29, 0.717) is 35.1 Å². The maximum Gasteiger partial charge on any atom is 0.212 e. The van der Waals surface area contributed by atoms with Gasteiger partial charge in [0.15, 0.2) is 0 Å². The Morgan fingerprint density at radius 1 is 1.04 bits per heavy atom. The maximum absolute atomic E-state index is 10.6. The largest absolute Gasteiger partial charge is 0.366 e. The van der Waals surface area contributed by atoms with E-state index < -0.39 is 0 Å². The first-order chi connectivity index (χ1) is 11.8. The number of halogens is 1. The third-order valence-electron chi connectivity index (χ3n) is 3.40. The molecule has 2 heterocycles. The number of carbonyl (C=O) groups excluding carboxylic acids is 1. The Labute approximate surface area is 144 Å². The normalized spacial score (nSPS) is 10.2. The molecule has 0 radical (unpaired) electrons. The highest BCUT2D eigenvalue weighted by molar-refractivity contribution is 6.33.